The normalized spacial score (nSPS) is 16.1. The SMILES string of the molecule is CC(C)(C)c1cc(Cc2cc(C(C)(C)C)c(O)c(C(C)(C)C)c2)cc(C(C)(C)C)c1O.Cc1cc(Cc2cc(C)cc(C3CCCCC3)c2O)c(O)c(C2CCCCC2)c1. The van der Waals surface area contributed by atoms with Crippen molar-refractivity contribution in [2.45, 2.75) is 207 Å². The molecule has 4 aromatic carbocycles. The maximum absolute atomic E-state index is 11.1. The van der Waals surface area contributed by atoms with E-state index in [0.717, 1.165) is 50.9 Å². The van der Waals surface area contributed by atoms with Gasteiger partial charge in [-0.25, -0.2) is 0 Å². The fourth-order valence-corrected chi connectivity index (χ4v) is 9.81. The highest BCUT2D eigenvalue weighted by molar-refractivity contribution is 5.55. The van der Waals surface area contributed by atoms with Crippen LogP contribution in [0.3, 0.4) is 0 Å². The Morgan fingerprint density at radius 1 is 0.383 bits per heavy atom. The van der Waals surface area contributed by atoms with Gasteiger partial charge in [-0.15, -0.1) is 0 Å². The Morgan fingerprint density at radius 2 is 0.667 bits per heavy atom. The summed E-state index contributed by atoms with van der Waals surface area (Å²) >= 11 is 0. The number of phenols is 4. The van der Waals surface area contributed by atoms with Gasteiger partial charge < -0.3 is 20.4 Å². The lowest BCUT2D eigenvalue weighted by molar-refractivity contribution is 0.408. The molecule has 0 radical (unpaired) electrons. The van der Waals surface area contributed by atoms with Crippen LogP contribution >= 0.6 is 0 Å². The molecule has 0 bridgehead atoms. The largest absolute Gasteiger partial charge is 0.507 e. The van der Waals surface area contributed by atoms with Crippen LogP contribution in [0.15, 0.2) is 48.5 Å². The van der Waals surface area contributed by atoms with Gasteiger partial charge in [-0.2, -0.15) is 0 Å². The number of hydrogen-bond donors (Lipinski definition) is 4. The molecule has 4 N–H and O–H groups in total. The molecule has 4 heteroatoms. The van der Waals surface area contributed by atoms with Crippen molar-refractivity contribution < 1.29 is 20.4 Å². The first-order valence-electron chi connectivity index (χ1n) is 23.1. The fourth-order valence-electron chi connectivity index (χ4n) is 9.81. The van der Waals surface area contributed by atoms with Crippen LogP contribution in [0.4, 0.5) is 0 Å². The van der Waals surface area contributed by atoms with Crippen LogP contribution in [0.5, 0.6) is 23.0 Å². The monoisotopic (exact) mass is 817 g/mol. The molecule has 0 spiro atoms. The van der Waals surface area contributed by atoms with Gasteiger partial charge >= 0.3 is 0 Å². The van der Waals surface area contributed by atoms with Crippen LogP contribution in [-0.2, 0) is 34.5 Å². The summed E-state index contributed by atoms with van der Waals surface area (Å²) in [5.41, 5.74) is 12.3. The molecule has 0 unspecified atom stereocenters. The van der Waals surface area contributed by atoms with Crippen LogP contribution < -0.4 is 0 Å². The molecule has 0 aromatic heterocycles. The van der Waals surface area contributed by atoms with Gasteiger partial charge in [0, 0.05) is 6.42 Å². The van der Waals surface area contributed by atoms with Crippen LogP contribution in [0, 0.1) is 13.8 Å². The summed E-state index contributed by atoms with van der Waals surface area (Å²) in [6, 6.07) is 17.2. The van der Waals surface area contributed by atoms with E-state index in [-0.39, 0.29) is 21.7 Å². The first-order chi connectivity index (χ1) is 27.8. The number of benzene rings is 4. The number of aryl methyl sites for hydroxylation is 2. The van der Waals surface area contributed by atoms with E-state index in [1.165, 1.54) is 86.5 Å². The van der Waals surface area contributed by atoms with Crippen molar-refractivity contribution in [3.8, 4) is 23.0 Å². The zero-order chi connectivity index (χ0) is 44.5. The predicted octanol–water partition coefficient (Wildman–Crippen LogP) is 15.3. The Balaban J connectivity index is 0.000000228. The summed E-state index contributed by atoms with van der Waals surface area (Å²) in [6.07, 6.45) is 13.8. The summed E-state index contributed by atoms with van der Waals surface area (Å²) in [7, 11) is 0. The molecule has 60 heavy (non-hydrogen) atoms. The van der Waals surface area contributed by atoms with E-state index in [4.69, 9.17) is 0 Å². The molecule has 2 saturated carbocycles. The molecule has 0 atom stereocenters. The Morgan fingerprint density at radius 3 is 0.933 bits per heavy atom. The molecule has 2 aliphatic carbocycles. The lowest BCUT2D eigenvalue weighted by atomic mass is 9.76. The maximum Gasteiger partial charge on any atom is 0.123 e. The Kier molecular flexibility index (Phi) is 14.3. The summed E-state index contributed by atoms with van der Waals surface area (Å²) in [5, 5.41) is 44.4. The van der Waals surface area contributed by atoms with Gasteiger partial charge in [0.1, 0.15) is 23.0 Å². The van der Waals surface area contributed by atoms with Gasteiger partial charge in [0.25, 0.3) is 0 Å². The predicted molar refractivity (Wildman–Crippen MR) is 254 cm³/mol. The van der Waals surface area contributed by atoms with Gasteiger partial charge in [-0.3, -0.25) is 0 Å². The Bertz CT molecular complexity index is 1890. The summed E-state index contributed by atoms with van der Waals surface area (Å²) in [6.45, 7) is 30.0. The first-order valence-corrected chi connectivity index (χ1v) is 23.1. The van der Waals surface area contributed by atoms with Gasteiger partial charge in [0.2, 0.25) is 0 Å². The standard InChI is InChI=1S/C29H44O2.C27H36O2/c1-26(2,3)20-14-18(15-21(24(20)30)27(4,5)6)13-19-16-22(28(7,8)9)25(31)23(17-19)29(10,11)12;1-18-13-22(26(28)24(15-18)20-9-5-3-6-10-20)17-23-14-19(2)16-25(27(23)29)21-11-7-4-8-12-21/h14-17,30-31H,13H2,1-12H3;13-16,20-21,28-29H,3-12,17H2,1-2H3. The van der Waals surface area contributed by atoms with Crippen molar-refractivity contribution in [2.24, 2.45) is 0 Å². The van der Waals surface area contributed by atoms with Crippen molar-refractivity contribution >= 4 is 0 Å². The van der Waals surface area contributed by atoms with E-state index in [0.29, 0.717) is 41.3 Å². The van der Waals surface area contributed by atoms with Gasteiger partial charge in [0.05, 0.1) is 0 Å². The Labute approximate surface area is 364 Å². The molecular weight excluding hydrogens is 737 g/mol. The number of rotatable bonds is 6. The van der Waals surface area contributed by atoms with E-state index in [1.807, 2.05) is 0 Å². The first kappa shape index (κ1) is 47.1. The van der Waals surface area contributed by atoms with Crippen LogP contribution in [0.25, 0.3) is 0 Å². The average Bonchev–Trinajstić information content (AvgIpc) is 3.14. The molecule has 328 valence electrons. The topological polar surface area (TPSA) is 80.9 Å². The smallest absolute Gasteiger partial charge is 0.123 e. The van der Waals surface area contributed by atoms with Crippen molar-refractivity contribution in [3.05, 3.63) is 115 Å². The van der Waals surface area contributed by atoms with Crippen molar-refractivity contribution in [1.29, 1.82) is 0 Å². The molecule has 0 saturated heterocycles. The lowest BCUT2D eigenvalue weighted by Crippen LogP contribution is -2.19. The Hall–Kier alpha value is -3.92. The second-order valence-corrected chi connectivity index (χ2v) is 22.8. The molecule has 6 rings (SSSR count). The van der Waals surface area contributed by atoms with E-state index in [2.05, 4.69) is 145 Å². The van der Waals surface area contributed by atoms with Crippen LogP contribution in [-0.4, -0.2) is 20.4 Å². The summed E-state index contributed by atoms with van der Waals surface area (Å²) in [5.74, 6) is 2.71. The molecule has 0 heterocycles. The fraction of sp³-hybridized carbons (Fsp3) is 0.571. The molecule has 0 aliphatic heterocycles. The molecule has 2 fully saturated rings. The minimum absolute atomic E-state index is 0.151. The average molecular weight is 817 g/mol. The summed E-state index contributed by atoms with van der Waals surface area (Å²) < 4.78 is 0. The highest BCUT2D eigenvalue weighted by Gasteiger charge is 2.30. The molecule has 4 nitrogen and oxygen atoms in total. The van der Waals surface area contributed by atoms with Crippen molar-refractivity contribution in [1.82, 2.24) is 0 Å². The van der Waals surface area contributed by atoms with E-state index in [9.17, 15) is 20.4 Å². The third-order valence-corrected chi connectivity index (χ3v) is 13.2. The van der Waals surface area contributed by atoms with Gasteiger partial charge in [-0.05, 0) is 135 Å². The molecule has 2 aliphatic rings. The zero-order valence-electron chi connectivity index (χ0n) is 40.0. The minimum atomic E-state index is -0.151. The van der Waals surface area contributed by atoms with Crippen molar-refractivity contribution in [3.63, 3.8) is 0 Å². The highest BCUT2D eigenvalue weighted by atomic mass is 16.3. The van der Waals surface area contributed by atoms with Gasteiger partial charge in [0.15, 0.2) is 0 Å². The summed E-state index contributed by atoms with van der Waals surface area (Å²) in [4.78, 5) is 0. The zero-order valence-corrected chi connectivity index (χ0v) is 40.0. The highest BCUT2D eigenvalue weighted by Crippen LogP contribution is 2.45. The maximum atomic E-state index is 11.1. The molecule has 0 amide bonds. The van der Waals surface area contributed by atoms with Crippen LogP contribution in [0.1, 0.15) is 226 Å². The number of aromatic hydroxyl groups is 4. The van der Waals surface area contributed by atoms with Crippen molar-refractivity contribution in [2.75, 3.05) is 0 Å². The van der Waals surface area contributed by atoms with E-state index < -0.39 is 0 Å². The molecule has 4 aromatic rings. The van der Waals surface area contributed by atoms with Crippen LogP contribution in [0.2, 0.25) is 0 Å². The number of hydrogen-bond acceptors (Lipinski definition) is 4. The second kappa shape index (κ2) is 18.2. The third-order valence-electron chi connectivity index (χ3n) is 13.2. The van der Waals surface area contributed by atoms with Gasteiger partial charge in [-0.1, -0.05) is 181 Å². The second-order valence-electron chi connectivity index (χ2n) is 22.8. The molecular formula is C56H80O4. The van der Waals surface area contributed by atoms with E-state index in [1.54, 1.807) is 0 Å². The number of phenolic OH excluding ortho intramolecular Hbond substituents is 4. The minimum Gasteiger partial charge on any atom is -0.507 e. The quantitative estimate of drug-likeness (QED) is 0.156. The third kappa shape index (κ3) is 11.3. The lowest BCUT2D eigenvalue weighted by Gasteiger charge is -2.29. The van der Waals surface area contributed by atoms with E-state index >= 15 is 0 Å².